The molecule has 0 aliphatic rings. The molecule has 112 valence electrons. The number of halogens is 3. The van der Waals surface area contributed by atoms with Crippen LogP contribution in [0.4, 0.5) is 13.2 Å². The third kappa shape index (κ3) is 3.78. The topological polar surface area (TPSA) is 83.5 Å². The normalized spacial score (nSPS) is 12.4. The highest BCUT2D eigenvalue weighted by Crippen LogP contribution is 2.34. The van der Waals surface area contributed by atoms with E-state index in [4.69, 9.17) is 5.11 Å². The van der Waals surface area contributed by atoms with Crippen molar-refractivity contribution >= 4 is 15.8 Å². The Bertz CT molecular complexity index is 611. The molecule has 9 heteroatoms. The number of ketones is 1. The number of benzene rings is 1. The SMILES string of the molecule is CC(=O)c1ccc(S(=O)(=O)NCCO)c(C(F)(F)F)c1. The lowest BCUT2D eigenvalue weighted by Crippen LogP contribution is -2.29. The molecular formula is C11H12F3NO4S. The minimum absolute atomic E-state index is 0.238. The van der Waals surface area contributed by atoms with E-state index < -0.39 is 45.6 Å². The molecule has 0 spiro atoms. The van der Waals surface area contributed by atoms with Crippen LogP contribution < -0.4 is 4.72 Å². The van der Waals surface area contributed by atoms with E-state index in [2.05, 4.69) is 0 Å². The third-order valence-corrected chi connectivity index (χ3v) is 3.90. The minimum Gasteiger partial charge on any atom is -0.395 e. The number of sulfonamides is 1. The lowest BCUT2D eigenvalue weighted by Gasteiger charge is -2.14. The highest BCUT2D eigenvalue weighted by atomic mass is 32.2. The zero-order valence-corrected chi connectivity index (χ0v) is 11.2. The van der Waals surface area contributed by atoms with Gasteiger partial charge in [0.15, 0.2) is 5.78 Å². The van der Waals surface area contributed by atoms with Gasteiger partial charge in [-0.15, -0.1) is 0 Å². The predicted octanol–water partition coefficient (Wildman–Crippen LogP) is 1.18. The summed E-state index contributed by atoms with van der Waals surface area (Å²) in [6, 6.07) is 2.22. The van der Waals surface area contributed by atoms with Crippen LogP contribution in [0, 0.1) is 0 Å². The van der Waals surface area contributed by atoms with Crippen LogP contribution in [0.3, 0.4) is 0 Å². The Labute approximate surface area is 113 Å². The minimum atomic E-state index is -4.92. The number of aliphatic hydroxyl groups is 1. The number of carbonyl (C=O) groups is 1. The maximum Gasteiger partial charge on any atom is 0.417 e. The second kappa shape index (κ2) is 5.90. The lowest BCUT2D eigenvalue weighted by molar-refractivity contribution is -0.139. The first kappa shape index (κ1) is 16.6. The number of Topliss-reactive ketones (excluding diaryl/α,β-unsaturated/α-hetero) is 1. The molecule has 0 radical (unpaired) electrons. The zero-order valence-electron chi connectivity index (χ0n) is 10.4. The van der Waals surface area contributed by atoms with Crippen LogP contribution in [0.25, 0.3) is 0 Å². The average molecular weight is 311 g/mol. The van der Waals surface area contributed by atoms with Crippen molar-refractivity contribution < 1.29 is 31.5 Å². The number of carbonyl (C=O) groups excluding carboxylic acids is 1. The molecule has 1 aromatic carbocycles. The average Bonchev–Trinajstić information content (AvgIpc) is 2.34. The van der Waals surface area contributed by atoms with Gasteiger partial charge in [-0.1, -0.05) is 6.07 Å². The van der Waals surface area contributed by atoms with E-state index in [0.717, 1.165) is 19.1 Å². The van der Waals surface area contributed by atoms with Crippen molar-refractivity contribution in [3.05, 3.63) is 29.3 Å². The zero-order chi connectivity index (χ0) is 15.6. The van der Waals surface area contributed by atoms with Crippen LogP contribution in [-0.2, 0) is 16.2 Å². The van der Waals surface area contributed by atoms with Gasteiger partial charge in [-0.2, -0.15) is 13.2 Å². The van der Waals surface area contributed by atoms with E-state index in [1.54, 1.807) is 0 Å². The van der Waals surface area contributed by atoms with Gasteiger partial charge in [0, 0.05) is 12.1 Å². The van der Waals surface area contributed by atoms with Crippen LogP contribution in [0.2, 0.25) is 0 Å². The molecule has 0 heterocycles. The number of hydrogen-bond acceptors (Lipinski definition) is 4. The van der Waals surface area contributed by atoms with Gasteiger partial charge in [0.25, 0.3) is 0 Å². The van der Waals surface area contributed by atoms with Gasteiger partial charge >= 0.3 is 6.18 Å². The number of nitrogens with one attached hydrogen (secondary N) is 1. The van der Waals surface area contributed by atoms with Crippen LogP contribution >= 0.6 is 0 Å². The van der Waals surface area contributed by atoms with Gasteiger partial charge in [0.05, 0.1) is 17.1 Å². The summed E-state index contributed by atoms with van der Waals surface area (Å²) in [6.45, 7) is 0.119. The van der Waals surface area contributed by atoms with Gasteiger partial charge in [-0.3, -0.25) is 4.79 Å². The van der Waals surface area contributed by atoms with Crippen molar-refractivity contribution in [3.63, 3.8) is 0 Å². The highest BCUT2D eigenvalue weighted by molar-refractivity contribution is 7.89. The van der Waals surface area contributed by atoms with Crippen molar-refractivity contribution in [3.8, 4) is 0 Å². The number of alkyl halides is 3. The van der Waals surface area contributed by atoms with Crippen LogP contribution in [-0.4, -0.2) is 32.5 Å². The van der Waals surface area contributed by atoms with Crippen molar-refractivity contribution in [1.82, 2.24) is 4.72 Å². The van der Waals surface area contributed by atoms with E-state index in [-0.39, 0.29) is 5.56 Å². The fraction of sp³-hybridized carbons (Fsp3) is 0.364. The fourth-order valence-corrected chi connectivity index (χ4v) is 2.69. The Kier molecular flexibility index (Phi) is 4.90. The van der Waals surface area contributed by atoms with Crippen molar-refractivity contribution in [2.75, 3.05) is 13.2 Å². The molecule has 0 aliphatic heterocycles. The first-order valence-corrected chi connectivity index (χ1v) is 6.90. The molecule has 1 rings (SSSR count). The molecule has 0 amide bonds. The summed E-state index contributed by atoms with van der Waals surface area (Å²) in [4.78, 5) is 10.1. The van der Waals surface area contributed by atoms with Gasteiger partial charge < -0.3 is 5.11 Å². The van der Waals surface area contributed by atoms with Crippen molar-refractivity contribution in [2.45, 2.75) is 18.0 Å². The Morgan fingerprint density at radius 1 is 1.35 bits per heavy atom. The van der Waals surface area contributed by atoms with Crippen LogP contribution in [0.5, 0.6) is 0 Å². The molecule has 0 saturated heterocycles. The summed E-state index contributed by atoms with van der Waals surface area (Å²) in [7, 11) is -4.42. The molecule has 0 atom stereocenters. The second-order valence-corrected chi connectivity index (χ2v) is 5.62. The number of hydrogen-bond donors (Lipinski definition) is 2. The first-order valence-electron chi connectivity index (χ1n) is 5.42. The summed E-state index contributed by atoms with van der Waals surface area (Å²) in [5.74, 6) is -0.609. The molecule has 20 heavy (non-hydrogen) atoms. The Morgan fingerprint density at radius 3 is 2.40 bits per heavy atom. The van der Waals surface area contributed by atoms with Gasteiger partial charge in [0.2, 0.25) is 10.0 Å². The second-order valence-electron chi connectivity index (χ2n) is 3.89. The van der Waals surface area contributed by atoms with E-state index >= 15 is 0 Å². The molecule has 5 nitrogen and oxygen atoms in total. The molecule has 0 aromatic heterocycles. The number of aliphatic hydroxyl groups excluding tert-OH is 1. The lowest BCUT2D eigenvalue weighted by atomic mass is 10.1. The van der Waals surface area contributed by atoms with E-state index in [1.807, 2.05) is 4.72 Å². The Balaban J connectivity index is 3.44. The summed E-state index contributed by atoms with van der Waals surface area (Å²) in [6.07, 6.45) is -4.92. The summed E-state index contributed by atoms with van der Waals surface area (Å²) < 4.78 is 64.0. The largest absolute Gasteiger partial charge is 0.417 e. The maximum absolute atomic E-state index is 12.9. The highest BCUT2D eigenvalue weighted by Gasteiger charge is 2.37. The van der Waals surface area contributed by atoms with Gasteiger partial charge in [0.1, 0.15) is 0 Å². The monoisotopic (exact) mass is 311 g/mol. The van der Waals surface area contributed by atoms with Gasteiger partial charge in [-0.25, -0.2) is 13.1 Å². The Hall–Kier alpha value is -1.45. The quantitative estimate of drug-likeness (QED) is 0.800. The molecule has 0 unspecified atom stereocenters. The first-order chi connectivity index (χ1) is 9.09. The molecule has 2 N–H and O–H groups in total. The van der Waals surface area contributed by atoms with E-state index in [0.29, 0.717) is 6.07 Å². The van der Waals surface area contributed by atoms with Crippen LogP contribution in [0.15, 0.2) is 23.1 Å². The Morgan fingerprint density at radius 2 is 1.95 bits per heavy atom. The van der Waals surface area contributed by atoms with E-state index in [9.17, 15) is 26.4 Å². The molecule has 0 saturated carbocycles. The van der Waals surface area contributed by atoms with Crippen molar-refractivity contribution in [1.29, 1.82) is 0 Å². The number of rotatable bonds is 5. The summed E-state index contributed by atoms with van der Waals surface area (Å²) in [5, 5.41) is 8.53. The molecule has 1 aromatic rings. The molecule has 0 aliphatic carbocycles. The molecular weight excluding hydrogens is 299 g/mol. The molecule has 0 bridgehead atoms. The third-order valence-electron chi connectivity index (χ3n) is 2.38. The maximum atomic E-state index is 12.9. The van der Waals surface area contributed by atoms with E-state index in [1.165, 1.54) is 0 Å². The predicted molar refractivity (Wildman–Crippen MR) is 63.7 cm³/mol. The standard InChI is InChI=1S/C11H12F3NO4S/c1-7(17)8-2-3-10(9(6-8)11(12,13)14)20(18,19)15-4-5-16/h2-3,6,15-16H,4-5H2,1H3. The van der Waals surface area contributed by atoms with Crippen LogP contribution in [0.1, 0.15) is 22.8 Å². The fourth-order valence-electron chi connectivity index (χ4n) is 1.46. The smallest absolute Gasteiger partial charge is 0.395 e. The molecule has 0 fully saturated rings. The summed E-state index contributed by atoms with van der Waals surface area (Å²) >= 11 is 0. The van der Waals surface area contributed by atoms with Crippen molar-refractivity contribution in [2.24, 2.45) is 0 Å². The summed E-state index contributed by atoms with van der Waals surface area (Å²) in [5.41, 5.74) is -1.66. The van der Waals surface area contributed by atoms with Gasteiger partial charge in [-0.05, 0) is 19.1 Å².